The molecule has 29 heavy (non-hydrogen) atoms. The second kappa shape index (κ2) is 8.18. The lowest BCUT2D eigenvalue weighted by Crippen LogP contribution is -2.21. The topological polar surface area (TPSA) is 88.4 Å². The third-order valence-electron chi connectivity index (χ3n) is 4.27. The average molecular weight is 394 g/mol. The zero-order valence-electron chi connectivity index (χ0n) is 16.7. The predicted octanol–water partition coefficient (Wildman–Crippen LogP) is 3.77. The summed E-state index contributed by atoms with van der Waals surface area (Å²) in [5.74, 6) is -0.358. The summed E-state index contributed by atoms with van der Waals surface area (Å²) >= 11 is 0. The number of rotatable bonds is 5. The lowest BCUT2D eigenvalue weighted by molar-refractivity contribution is -0.114. The number of hydrogen-bond donors (Lipinski definition) is 1. The number of amides is 1. The number of carbonyl (C=O) groups excluding carboxylic acids is 2. The van der Waals surface area contributed by atoms with Crippen LogP contribution in [0.2, 0.25) is 0 Å². The van der Waals surface area contributed by atoms with E-state index in [0.29, 0.717) is 33.8 Å². The molecule has 0 atom stereocenters. The van der Waals surface area contributed by atoms with Crippen LogP contribution < -0.4 is 9.75 Å². The van der Waals surface area contributed by atoms with E-state index in [1.54, 1.807) is 63.2 Å². The van der Waals surface area contributed by atoms with Crippen molar-refractivity contribution in [1.29, 1.82) is 0 Å². The first kappa shape index (κ1) is 20.1. The number of benzene rings is 2. The maximum absolute atomic E-state index is 12.9. The molecule has 0 saturated heterocycles. The van der Waals surface area contributed by atoms with Gasteiger partial charge in [-0.1, -0.05) is 6.07 Å². The SMILES string of the molecule is COc1cc(C=C2C(=O)N(c3ccc(C(=O)OC(C)C)cc3)N=C2C)ccc1O. The maximum atomic E-state index is 12.9. The van der Waals surface area contributed by atoms with Crippen LogP contribution in [0.4, 0.5) is 5.69 Å². The summed E-state index contributed by atoms with van der Waals surface area (Å²) in [5, 5.41) is 15.3. The molecule has 2 aromatic carbocycles. The summed E-state index contributed by atoms with van der Waals surface area (Å²) < 4.78 is 10.3. The number of carbonyl (C=O) groups is 2. The number of anilines is 1. The molecular weight excluding hydrogens is 372 g/mol. The Hall–Kier alpha value is -3.61. The average Bonchev–Trinajstić information content (AvgIpc) is 2.97. The Kier molecular flexibility index (Phi) is 5.68. The smallest absolute Gasteiger partial charge is 0.338 e. The number of ether oxygens (including phenoxy) is 2. The number of phenols is 1. The molecule has 1 aliphatic rings. The van der Waals surface area contributed by atoms with E-state index in [9.17, 15) is 14.7 Å². The zero-order valence-corrected chi connectivity index (χ0v) is 16.7. The Balaban J connectivity index is 1.83. The van der Waals surface area contributed by atoms with Crippen molar-refractivity contribution in [2.45, 2.75) is 26.9 Å². The van der Waals surface area contributed by atoms with Crippen molar-refractivity contribution in [3.8, 4) is 11.5 Å². The van der Waals surface area contributed by atoms with E-state index in [1.165, 1.54) is 18.2 Å². The fraction of sp³-hybridized carbons (Fsp3) is 0.227. The minimum absolute atomic E-state index is 0.0236. The Morgan fingerprint density at radius 1 is 1.17 bits per heavy atom. The van der Waals surface area contributed by atoms with Gasteiger partial charge in [0.2, 0.25) is 0 Å². The molecule has 0 spiro atoms. The standard InChI is InChI=1S/C22H22N2O5/c1-13(2)29-22(27)16-6-8-17(9-7-16)24-21(26)18(14(3)23-24)11-15-5-10-19(25)20(12-15)28-4/h5-13,25H,1-4H3. The molecule has 7 heteroatoms. The van der Waals surface area contributed by atoms with Gasteiger partial charge in [0, 0.05) is 0 Å². The van der Waals surface area contributed by atoms with Gasteiger partial charge in [-0.25, -0.2) is 4.79 Å². The van der Waals surface area contributed by atoms with Gasteiger partial charge in [0.15, 0.2) is 11.5 Å². The minimum atomic E-state index is -0.416. The van der Waals surface area contributed by atoms with Gasteiger partial charge in [-0.3, -0.25) is 4.79 Å². The van der Waals surface area contributed by atoms with Crippen molar-refractivity contribution in [2.24, 2.45) is 5.10 Å². The van der Waals surface area contributed by atoms with Gasteiger partial charge in [0.25, 0.3) is 5.91 Å². The van der Waals surface area contributed by atoms with E-state index in [1.807, 2.05) is 0 Å². The van der Waals surface area contributed by atoms with Crippen LogP contribution in [0.1, 0.15) is 36.7 Å². The second-order valence-corrected chi connectivity index (χ2v) is 6.79. The van der Waals surface area contributed by atoms with E-state index in [2.05, 4.69) is 5.10 Å². The molecule has 150 valence electrons. The molecule has 0 fully saturated rings. The molecule has 1 N–H and O–H groups in total. The highest BCUT2D eigenvalue weighted by Gasteiger charge is 2.29. The zero-order chi connectivity index (χ0) is 21.1. The Morgan fingerprint density at radius 2 is 1.86 bits per heavy atom. The number of esters is 1. The first-order valence-corrected chi connectivity index (χ1v) is 9.10. The van der Waals surface area contributed by atoms with Gasteiger partial charge < -0.3 is 14.6 Å². The molecule has 2 aromatic rings. The summed E-state index contributed by atoms with van der Waals surface area (Å²) in [7, 11) is 1.46. The fourth-order valence-electron chi connectivity index (χ4n) is 2.83. The van der Waals surface area contributed by atoms with Gasteiger partial charge >= 0.3 is 5.97 Å². The fourth-order valence-corrected chi connectivity index (χ4v) is 2.83. The molecule has 1 aliphatic heterocycles. The van der Waals surface area contributed by atoms with Crippen LogP contribution in [-0.2, 0) is 9.53 Å². The molecule has 3 rings (SSSR count). The van der Waals surface area contributed by atoms with Crippen molar-refractivity contribution in [2.75, 3.05) is 12.1 Å². The first-order chi connectivity index (χ1) is 13.8. The maximum Gasteiger partial charge on any atom is 0.338 e. The van der Waals surface area contributed by atoms with E-state index in [-0.39, 0.29) is 17.8 Å². The van der Waals surface area contributed by atoms with Gasteiger partial charge in [-0.2, -0.15) is 10.1 Å². The monoisotopic (exact) mass is 394 g/mol. The quantitative estimate of drug-likeness (QED) is 0.616. The Labute approximate surface area is 168 Å². The van der Waals surface area contributed by atoms with Crippen molar-refractivity contribution >= 4 is 29.4 Å². The van der Waals surface area contributed by atoms with Crippen LogP contribution in [0, 0.1) is 0 Å². The van der Waals surface area contributed by atoms with Crippen LogP contribution in [-0.4, -0.2) is 35.9 Å². The summed E-state index contributed by atoms with van der Waals surface area (Å²) in [6, 6.07) is 11.3. The summed E-state index contributed by atoms with van der Waals surface area (Å²) in [6.07, 6.45) is 1.48. The lowest BCUT2D eigenvalue weighted by Gasteiger charge is -2.13. The molecule has 0 aliphatic carbocycles. The van der Waals surface area contributed by atoms with Crippen LogP contribution in [0.25, 0.3) is 6.08 Å². The summed E-state index contributed by atoms with van der Waals surface area (Å²) in [6.45, 7) is 5.31. The summed E-state index contributed by atoms with van der Waals surface area (Å²) in [5.41, 5.74) is 2.64. The normalized spacial score (nSPS) is 15.1. The van der Waals surface area contributed by atoms with Crippen LogP contribution in [0.15, 0.2) is 53.1 Å². The molecule has 0 radical (unpaired) electrons. The van der Waals surface area contributed by atoms with Crippen LogP contribution in [0.3, 0.4) is 0 Å². The van der Waals surface area contributed by atoms with E-state index in [0.717, 1.165) is 0 Å². The van der Waals surface area contributed by atoms with Crippen LogP contribution >= 0.6 is 0 Å². The van der Waals surface area contributed by atoms with Gasteiger partial charge in [-0.15, -0.1) is 0 Å². The first-order valence-electron chi connectivity index (χ1n) is 9.10. The van der Waals surface area contributed by atoms with Crippen LogP contribution in [0.5, 0.6) is 11.5 Å². The predicted molar refractivity (Wildman–Crippen MR) is 110 cm³/mol. The molecule has 0 aromatic heterocycles. The molecule has 0 saturated carbocycles. The number of nitrogens with zero attached hydrogens (tertiary/aromatic N) is 2. The number of hydrogen-bond acceptors (Lipinski definition) is 6. The van der Waals surface area contributed by atoms with Crippen molar-refractivity contribution < 1.29 is 24.2 Å². The van der Waals surface area contributed by atoms with Gasteiger partial charge in [0.1, 0.15) is 0 Å². The van der Waals surface area contributed by atoms with Crippen molar-refractivity contribution in [3.63, 3.8) is 0 Å². The molecule has 0 bridgehead atoms. The van der Waals surface area contributed by atoms with Gasteiger partial charge in [-0.05, 0) is 68.8 Å². The largest absolute Gasteiger partial charge is 0.504 e. The highest BCUT2D eigenvalue weighted by molar-refractivity contribution is 6.32. The van der Waals surface area contributed by atoms with E-state index < -0.39 is 5.97 Å². The molecule has 1 heterocycles. The number of methoxy groups -OCH3 is 1. The molecule has 1 amide bonds. The Morgan fingerprint density at radius 3 is 2.48 bits per heavy atom. The third-order valence-corrected chi connectivity index (χ3v) is 4.27. The van der Waals surface area contributed by atoms with E-state index >= 15 is 0 Å². The number of hydrazone groups is 1. The van der Waals surface area contributed by atoms with Crippen molar-refractivity contribution in [1.82, 2.24) is 0 Å². The van der Waals surface area contributed by atoms with Crippen molar-refractivity contribution in [3.05, 3.63) is 59.2 Å². The lowest BCUT2D eigenvalue weighted by atomic mass is 10.1. The highest BCUT2D eigenvalue weighted by Crippen LogP contribution is 2.29. The molecular formula is C22H22N2O5. The minimum Gasteiger partial charge on any atom is -0.504 e. The number of aromatic hydroxyl groups is 1. The second-order valence-electron chi connectivity index (χ2n) is 6.79. The Bertz CT molecular complexity index is 1010. The molecule has 7 nitrogen and oxygen atoms in total. The highest BCUT2D eigenvalue weighted by atomic mass is 16.5. The van der Waals surface area contributed by atoms with Gasteiger partial charge in [0.05, 0.1) is 35.7 Å². The van der Waals surface area contributed by atoms with E-state index in [4.69, 9.17) is 9.47 Å². The summed E-state index contributed by atoms with van der Waals surface area (Å²) in [4.78, 5) is 24.8. The molecule has 0 unspecified atom stereocenters. The number of phenolic OH excluding ortho intramolecular Hbond substituents is 1. The third kappa shape index (κ3) is 4.29.